The lowest BCUT2D eigenvalue weighted by atomic mass is 9.95. The number of nitrogens with zero attached hydrogens (tertiary/aromatic N) is 2. The molecule has 5 rings (SSSR count). The molecule has 0 spiro atoms. The molecule has 2 aromatic carbocycles. The topological polar surface area (TPSA) is 99.0 Å². The Kier molecular flexibility index (Phi) is 6.59. The monoisotopic (exact) mass is 601 g/mol. The van der Waals surface area contributed by atoms with Gasteiger partial charge in [-0.1, -0.05) is 38.9 Å². The van der Waals surface area contributed by atoms with Crippen LogP contribution in [0.15, 0.2) is 61.9 Å². The Labute approximate surface area is 229 Å². The largest absolute Gasteiger partial charge is 0.496 e. The minimum Gasteiger partial charge on any atom is -0.496 e. The first-order chi connectivity index (χ1) is 17.6. The number of methoxy groups -OCH3 is 1. The highest BCUT2D eigenvalue weighted by molar-refractivity contribution is 9.10. The highest BCUT2D eigenvalue weighted by atomic mass is 79.9. The third-order valence-corrected chi connectivity index (χ3v) is 7.78. The van der Waals surface area contributed by atoms with E-state index in [4.69, 9.17) is 21.1 Å². The second-order valence-corrected chi connectivity index (χ2v) is 11.1. The van der Waals surface area contributed by atoms with Gasteiger partial charge in [-0.05, 0) is 57.2 Å². The van der Waals surface area contributed by atoms with Crippen molar-refractivity contribution in [2.45, 2.75) is 32.9 Å². The Hall–Kier alpha value is -3.21. The molecule has 11 heteroatoms. The van der Waals surface area contributed by atoms with E-state index >= 15 is 0 Å². The first kappa shape index (κ1) is 25.4. The summed E-state index contributed by atoms with van der Waals surface area (Å²) in [7, 11) is 1.52. The number of carbonyl (C=O) groups excluding carboxylic acids is 2. The highest BCUT2D eigenvalue weighted by Crippen LogP contribution is 2.38. The number of amides is 1. The number of aromatic nitrogens is 1. The van der Waals surface area contributed by atoms with Gasteiger partial charge in [0.1, 0.15) is 16.3 Å². The van der Waals surface area contributed by atoms with Crippen LogP contribution in [0.5, 0.6) is 5.75 Å². The molecule has 2 aliphatic rings. The minimum atomic E-state index is -0.896. The average Bonchev–Trinajstić information content (AvgIpc) is 3.32. The Bertz CT molecular complexity index is 1710. The maximum atomic E-state index is 14.1. The predicted octanol–water partition coefficient (Wildman–Crippen LogP) is 3.93. The number of thiazole rings is 1. The lowest BCUT2D eigenvalue weighted by Gasteiger charge is -2.26. The maximum absolute atomic E-state index is 14.1. The van der Waals surface area contributed by atoms with E-state index in [1.807, 2.05) is 0 Å². The number of hydrogen-bond acceptors (Lipinski definition) is 7. The molecule has 0 fully saturated rings. The van der Waals surface area contributed by atoms with E-state index in [1.165, 1.54) is 11.7 Å². The molecule has 0 aliphatic carbocycles. The molecule has 2 aliphatic heterocycles. The number of carbonyl (C=O) groups is 2. The summed E-state index contributed by atoms with van der Waals surface area (Å²) in [5.41, 5.74) is 2.05. The van der Waals surface area contributed by atoms with Crippen LogP contribution in [0.2, 0.25) is 5.02 Å². The Morgan fingerprint density at radius 3 is 2.68 bits per heavy atom. The Morgan fingerprint density at radius 1 is 1.22 bits per heavy atom. The van der Waals surface area contributed by atoms with Crippen molar-refractivity contribution in [2.24, 2.45) is 4.99 Å². The van der Waals surface area contributed by atoms with E-state index in [0.29, 0.717) is 38.1 Å². The minimum absolute atomic E-state index is 0.197. The molecule has 1 amide bonds. The van der Waals surface area contributed by atoms with Gasteiger partial charge >= 0.3 is 5.97 Å². The van der Waals surface area contributed by atoms with Crippen molar-refractivity contribution in [2.75, 3.05) is 12.4 Å². The van der Waals surface area contributed by atoms with Gasteiger partial charge in [-0.3, -0.25) is 14.2 Å². The van der Waals surface area contributed by atoms with Gasteiger partial charge in [-0.25, -0.2) is 9.79 Å². The molecule has 0 saturated carbocycles. The number of rotatable bonds is 4. The van der Waals surface area contributed by atoms with Gasteiger partial charge in [0.25, 0.3) is 11.5 Å². The summed E-state index contributed by atoms with van der Waals surface area (Å²) in [4.78, 5) is 45.3. The molecule has 3 heterocycles. The number of benzene rings is 2. The van der Waals surface area contributed by atoms with Crippen LogP contribution in [-0.4, -0.2) is 29.7 Å². The summed E-state index contributed by atoms with van der Waals surface area (Å²) < 4.78 is 13.5. The van der Waals surface area contributed by atoms with Gasteiger partial charge in [0.2, 0.25) is 0 Å². The molecule has 37 heavy (non-hydrogen) atoms. The van der Waals surface area contributed by atoms with Crippen molar-refractivity contribution in [1.29, 1.82) is 0 Å². The zero-order chi connectivity index (χ0) is 26.6. The van der Waals surface area contributed by atoms with Crippen LogP contribution in [0, 0.1) is 0 Å². The molecule has 0 bridgehead atoms. The highest BCUT2D eigenvalue weighted by Gasteiger charge is 2.37. The van der Waals surface area contributed by atoms with Crippen LogP contribution in [0.4, 0.5) is 5.69 Å². The van der Waals surface area contributed by atoms with Gasteiger partial charge in [0.05, 0.1) is 30.1 Å². The van der Waals surface area contributed by atoms with Crippen LogP contribution in [0.25, 0.3) is 5.57 Å². The summed E-state index contributed by atoms with van der Waals surface area (Å²) in [5.74, 6) is -0.516. The number of nitrogens with one attached hydrogen (secondary N) is 1. The molecular weight excluding hydrogens is 582 g/mol. The molecule has 0 radical (unpaired) electrons. The van der Waals surface area contributed by atoms with Gasteiger partial charge in [0, 0.05) is 26.3 Å². The number of hydrogen-bond donors (Lipinski definition) is 1. The van der Waals surface area contributed by atoms with Gasteiger partial charge in [0.15, 0.2) is 4.80 Å². The molecule has 0 unspecified atom stereocenters. The van der Waals surface area contributed by atoms with Crippen molar-refractivity contribution in [3.63, 3.8) is 0 Å². The summed E-state index contributed by atoms with van der Waals surface area (Å²) in [6.45, 7) is 5.20. The zero-order valence-electron chi connectivity index (χ0n) is 20.2. The molecule has 1 atom stereocenters. The van der Waals surface area contributed by atoms with Crippen molar-refractivity contribution in [3.8, 4) is 5.75 Å². The number of ether oxygens (including phenoxy) is 2. The van der Waals surface area contributed by atoms with Crippen LogP contribution in [0.1, 0.15) is 37.9 Å². The number of allylic oxidation sites excluding steroid dienone is 1. The maximum Gasteiger partial charge on any atom is 0.338 e. The van der Waals surface area contributed by atoms with Crippen LogP contribution in [0.3, 0.4) is 0 Å². The van der Waals surface area contributed by atoms with Crippen molar-refractivity contribution < 1.29 is 19.1 Å². The lowest BCUT2D eigenvalue weighted by Crippen LogP contribution is -2.41. The van der Waals surface area contributed by atoms with E-state index in [9.17, 15) is 14.4 Å². The second-order valence-electron chi connectivity index (χ2n) is 8.76. The fourth-order valence-electron chi connectivity index (χ4n) is 4.49. The predicted molar refractivity (Wildman–Crippen MR) is 145 cm³/mol. The normalized spacial score (nSPS) is 17.8. The van der Waals surface area contributed by atoms with Gasteiger partial charge in [-0.2, -0.15) is 0 Å². The zero-order valence-corrected chi connectivity index (χ0v) is 23.4. The Balaban J connectivity index is 1.85. The van der Waals surface area contributed by atoms with Crippen molar-refractivity contribution >= 4 is 62.0 Å². The number of fused-ring (bicyclic) bond motifs is 2. The quantitative estimate of drug-likeness (QED) is 0.457. The number of anilines is 1. The van der Waals surface area contributed by atoms with Crippen LogP contribution >= 0.6 is 38.9 Å². The molecule has 190 valence electrons. The third kappa shape index (κ3) is 4.32. The average molecular weight is 603 g/mol. The van der Waals surface area contributed by atoms with E-state index < -0.39 is 23.5 Å². The Morgan fingerprint density at radius 2 is 1.97 bits per heavy atom. The molecular formula is C26H21BrClN3O5S. The summed E-state index contributed by atoms with van der Waals surface area (Å²) >= 11 is 10.8. The van der Waals surface area contributed by atoms with Crippen molar-refractivity contribution in [1.82, 2.24) is 4.57 Å². The van der Waals surface area contributed by atoms with E-state index in [0.717, 1.165) is 15.8 Å². The third-order valence-electron chi connectivity index (χ3n) is 6.00. The van der Waals surface area contributed by atoms with Crippen LogP contribution in [-0.2, 0) is 14.3 Å². The molecule has 3 aromatic rings. The number of halogens is 2. The fraction of sp³-hybridized carbons (Fsp3) is 0.231. The lowest BCUT2D eigenvalue weighted by molar-refractivity contribution is -0.143. The SMILES string of the molecule is COc1ccc(Br)cc1[C@H]1C(C(=O)OC(C)C)=C(C)N=c2s/c(=C3/C(=O)Nc4ccc(Cl)cc43)c(=O)n21. The van der Waals surface area contributed by atoms with Gasteiger partial charge in [-0.15, -0.1) is 0 Å². The summed E-state index contributed by atoms with van der Waals surface area (Å²) in [5, 5.41) is 3.23. The smallest absolute Gasteiger partial charge is 0.338 e. The van der Waals surface area contributed by atoms with Gasteiger partial charge < -0.3 is 14.8 Å². The van der Waals surface area contributed by atoms with E-state index in [2.05, 4.69) is 26.2 Å². The summed E-state index contributed by atoms with van der Waals surface area (Å²) in [6.07, 6.45) is -0.381. The summed E-state index contributed by atoms with van der Waals surface area (Å²) in [6, 6.07) is 9.46. The second kappa shape index (κ2) is 9.59. The molecule has 1 N–H and O–H groups in total. The molecule has 8 nitrogen and oxygen atoms in total. The first-order valence-electron chi connectivity index (χ1n) is 11.3. The van der Waals surface area contributed by atoms with E-state index in [1.54, 1.807) is 57.2 Å². The molecule has 1 aromatic heterocycles. The van der Waals surface area contributed by atoms with Crippen molar-refractivity contribution in [3.05, 3.63) is 88.0 Å². The number of esters is 1. The van der Waals surface area contributed by atoms with Crippen LogP contribution < -0.4 is 24.9 Å². The standard InChI is InChI=1S/C26H21BrClN3O5S/c1-11(2)36-25(34)19-12(3)29-26-31(21(19)16-9-13(27)5-8-18(16)35-4)24(33)22(37-26)20-15-10-14(28)6-7-17(15)30-23(20)32/h5-11,21H,1-4H3,(H,30,32)/b22-20+/t21-/m0/s1. The van der Waals surface area contributed by atoms with E-state index in [-0.39, 0.29) is 21.8 Å². The first-order valence-corrected chi connectivity index (χ1v) is 13.3. The molecule has 0 saturated heterocycles. The fourth-order valence-corrected chi connectivity index (χ4v) is 6.18.